The fourth-order valence-corrected chi connectivity index (χ4v) is 3.18. The first-order chi connectivity index (χ1) is 8.53. The van der Waals surface area contributed by atoms with E-state index in [0.29, 0.717) is 6.04 Å². The lowest BCUT2D eigenvalue weighted by Gasteiger charge is -2.41. The van der Waals surface area contributed by atoms with Crippen LogP contribution in [0.25, 0.3) is 0 Å². The molecule has 1 atom stereocenters. The lowest BCUT2D eigenvalue weighted by Crippen LogP contribution is -2.59. The van der Waals surface area contributed by atoms with E-state index in [0.717, 1.165) is 45.3 Å². The third-order valence-electron chi connectivity index (χ3n) is 4.65. The first-order valence-electron chi connectivity index (χ1n) is 7.24. The van der Waals surface area contributed by atoms with Crippen molar-refractivity contribution in [2.24, 2.45) is 0 Å². The number of rotatable bonds is 2. The molecule has 5 heteroatoms. The van der Waals surface area contributed by atoms with Gasteiger partial charge in [0.1, 0.15) is 0 Å². The van der Waals surface area contributed by atoms with Crippen LogP contribution in [0, 0.1) is 0 Å². The largest absolute Gasteiger partial charge is 0.341 e. The van der Waals surface area contributed by atoms with Gasteiger partial charge in [0.05, 0.1) is 5.54 Å². The molecule has 0 bridgehead atoms. The predicted molar refractivity (Wildman–Crippen MR) is 80.8 cm³/mol. The number of piperidine rings is 2. The second-order valence-electron chi connectivity index (χ2n) is 6.17. The Labute approximate surface area is 123 Å². The van der Waals surface area contributed by atoms with E-state index in [1.54, 1.807) is 0 Å². The number of amides is 1. The van der Waals surface area contributed by atoms with Gasteiger partial charge in [-0.3, -0.25) is 4.79 Å². The summed E-state index contributed by atoms with van der Waals surface area (Å²) in [6.45, 7) is 5.25. The zero-order valence-corrected chi connectivity index (χ0v) is 13.3. The second kappa shape index (κ2) is 6.91. The van der Waals surface area contributed by atoms with E-state index in [4.69, 9.17) is 0 Å². The summed E-state index contributed by atoms with van der Waals surface area (Å²) in [4.78, 5) is 17.0. The molecule has 4 nitrogen and oxygen atoms in total. The van der Waals surface area contributed by atoms with E-state index in [1.807, 2.05) is 11.9 Å². The molecule has 0 radical (unpaired) electrons. The molecule has 2 aliphatic rings. The molecule has 1 N–H and O–H groups in total. The lowest BCUT2D eigenvalue weighted by molar-refractivity contribution is -0.140. The highest BCUT2D eigenvalue weighted by Crippen LogP contribution is 2.24. The molecule has 0 aromatic heterocycles. The number of nitrogens with one attached hydrogen (secondary N) is 1. The molecule has 0 saturated carbocycles. The van der Waals surface area contributed by atoms with Crippen molar-refractivity contribution in [1.82, 2.24) is 15.1 Å². The minimum atomic E-state index is -0.323. The summed E-state index contributed by atoms with van der Waals surface area (Å²) in [5.41, 5.74) is -0.323. The van der Waals surface area contributed by atoms with Crippen LogP contribution in [0.15, 0.2) is 0 Å². The van der Waals surface area contributed by atoms with E-state index in [9.17, 15) is 4.79 Å². The van der Waals surface area contributed by atoms with Gasteiger partial charge in [0.15, 0.2) is 0 Å². The van der Waals surface area contributed by atoms with Crippen LogP contribution in [-0.2, 0) is 4.79 Å². The van der Waals surface area contributed by atoms with Gasteiger partial charge in [0.25, 0.3) is 0 Å². The Hall–Kier alpha value is -0.320. The van der Waals surface area contributed by atoms with Crippen molar-refractivity contribution in [3.05, 3.63) is 0 Å². The third-order valence-corrected chi connectivity index (χ3v) is 4.65. The van der Waals surface area contributed by atoms with Crippen molar-refractivity contribution < 1.29 is 4.79 Å². The van der Waals surface area contributed by atoms with Gasteiger partial charge in [-0.05, 0) is 65.7 Å². The Morgan fingerprint density at radius 2 is 1.95 bits per heavy atom. The van der Waals surface area contributed by atoms with Gasteiger partial charge in [-0.25, -0.2) is 0 Å². The molecule has 2 saturated heterocycles. The van der Waals surface area contributed by atoms with E-state index in [-0.39, 0.29) is 23.9 Å². The molecule has 2 heterocycles. The Balaban J connectivity index is 0.00000180. The van der Waals surface area contributed by atoms with Crippen LogP contribution in [0.4, 0.5) is 0 Å². The summed E-state index contributed by atoms with van der Waals surface area (Å²) in [7, 11) is 4.14. The third kappa shape index (κ3) is 3.83. The minimum Gasteiger partial charge on any atom is -0.341 e. The smallest absolute Gasteiger partial charge is 0.242 e. The summed E-state index contributed by atoms with van der Waals surface area (Å²) in [5.74, 6) is 0.289. The molecule has 2 fully saturated rings. The van der Waals surface area contributed by atoms with E-state index >= 15 is 0 Å². The summed E-state index contributed by atoms with van der Waals surface area (Å²) in [6.07, 6.45) is 5.55. The fraction of sp³-hybridized carbons (Fsp3) is 0.929. The molecule has 2 aliphatic heterocycles. The SMILES string of the molecule is CN1CCC(N(C)C(=O)C2(C)CCCCN2)CC1.Cl. The molecule has 0 spiro atoms. The Kier molecular flexibility index (Phi) is 6.09. The van der Waals surface area contributed by atoms with Crippen LogP contribution in [0.3, 0.4) is 0 Å². The zero-order chi connectivity index (χ0) is 13.2. The average molecular weight is 290 g/mol. The van der Waals surface area contributed by atoms with Crippen LogP contribution in [0.5, 0.6) is 0 Å². The normalized spacial score (nSPS) is 29.6. The van der Waals surface area contributed by atoms with E-state index < -0.39 is 0 Å². The maximum atomic E-state index is 12.7. The fourth-order valence-electron chi connectivity index (χ4n) is 3.18. The van der Waals surface area contributed by atoms with Crippen molar-refractivity contribution in [3.63, 3.8) is 0 Å². The summed E-state index contributed by atoms with van der Waals surface area (Å²) < 4.78 is 0. The van der Waals surface area contributed by atoms with Crippen molar-refractivity contribution in [2.75, 3.05) is 33.7 Å². The van der Waals surface area contributed by atoms with Crippen LogP contribution in [0.1, 0.15) is 39.0 Å². The molecule has 1 unspecified atom stereocenters. The summed E-state index contributed by atoms with van der Waals surface area (Å²) in [6, 6.07) is 0.425. The highest BCUT2D eigenvalue weighted by molar-refractivity contribution is 5.86. The highest BCUT2D eigenvalue weighted by Gasteiger charge is 2.38. The number of carbonyl (C=O) groups is 1. The number of likely N-dealkylation sites (tertiary alicyclic amines) is 1. The minimum absolute atomic E-state index is 0. The van der Waals surface area contributed by atoms with Crippen LogP contribution < -0.4 is 5.32 Å². The zero-order valence-electron chi connectivity index (χ0n) is 12.4. The van der Waals surface area contributed by atoms with Crippen molar-refractivity contribution in [2.45, 2.75) is 50.6 Å². The number of nitrogens with zero attached hydrogens (tertiary/aromatic N) is 2. The molecule has 2 rings (SSSR count). The molecule has 0 aromatic rings. The average Bonchev–Trinajstić information content (AvgIpc) is 2.39. The van der Waals surface area contributed by atoms with Crippen molar-refractivity contribution >= 4 is 18.3 Å². The predicted octanol–water partition coefficient (Wildman–Crippen LogP) is 1.49. The van der Waals surface area contributed by atoms with Gasteiger partial charge >= 0.3 is 0 Å². The van der Waals surface area contributed by atoms with E-state index in [2.05, 4.69) is 24.2 Å². The van der Waals surface area contributed by atoms with Crippen molar-refractivity contribution in [1.29, 1.82) is 0 Å². The molecular weight excluding hydrogens is 262 g/mol. The van der Waals surface area contributed by atoms with Gasteiger partial charge in [-0.15, -0.1) is 12.4 Å². The standard InChI is InChI=1S/C14H27N3O.ClH/c1-14(8-4-5-9-15-14)13(18)17(3)12-6-10-16(2)11-7-12;/h12,15H,4-11H2,1-3H3;1H. The molecular formula is C14H28ClN3O. The molecule has 0 aliphatic carbocycles. The number of halogens is 1. The summed E-state index contributed by atoms with van der Waals surface area (Å²) >= 11 is 0. The number of carbonyl (C=O) groups excluding carboxylic acids is 1. The van der Waals surface area contributed by atoms with Gasteiger partial charge in [0, 0.05) is 13.1 Å². The van der Waals surface area contributed by atoms with Crippen LogP contribution >= 0.6 is 12.4 Å². The number of hydrogen-bond acceptors (Lipinski definition) is 3. The van der Waals surface area contributed by atoms with Gasteiger partial charge in [-0.1, -0.05) is 0 Å². The van der Waals surface area contributed by atoms with Gasteiger partial charge in [0.2, 0.25) is 5.91 Å². The molecule has 1 amide bonds. The highest BCUT2D eigenvalue weighted by atomic mass is 35.5. The van der Waals surface area contributed by atoms with Crippen molar-refractivity contribution in [3.8, 4) is 0 Å². The summed E-state index contributed by atoms with van der Waals surface area (Å²) in [5, 5.41) is 3.42. The quantitative estimate of drug-likeness (QED) is 0.837. The maximum absolute atomic E-state index is 12.7. The Morgan fingerprint density at radius 1 is 1.32 bits per heavy atom. The van der Waals surface area contributed by atoms with Gasteiger partial charge in [-0.2, -0.15) is 0 Å². The topological polar surface area (TPSA) is 35.6 Å². The number of hydrogen-bond donors (Lipinski definition) is 1. The lowest BCUT2D eigenvalue weighted by atomic mass is 9.88. The molecule has 19 heavy (non-hydrogen) atoms. The molecule has 112 valence electrons. The molecule has 0 aromatic carbocycles. The van der Waals surface area contributed by atoms with Crippen LogP contribution in [-0.4, -0.2) is 61.0 Å². The first-order valence-corrected chi connectivity index (χ1v) is 7.24. The Bertz CT molecular complexity index is 297. The van der Waals surface area contributed by atoms with E-state index in [1.165, 1.54) is 6.42 Å². The van der Waals surface area contributed by atoms with Gasteiger partial charge < -0.3 is 15.1 Å². The van der Waals surface area contributed by atoms with Crippen LogP contribution in [0.2, 0.25) is 0 Å². The monoisotopic (exact) mass is 289 g/mol. The second-order valence-corrected chi connectivity index (χ2v) is 6.17. The number of likely N-dealkylation sites (N-methyl/N-ethyl adjacent to an activating group) is 1. The Morgan fingerprint density at radius 3 is 2.47 bits per heavy atom. The maximum Gasteiger partial charge on any atom is 0.242 e. The first kappa shape index (κ1) is 16.7.